The molecule has 0 N–H and O–H groups in total. The summed E-state index contributed by atoms with van der Waals surface area (Å²) >= 11 is 0. The van der Waals surface area contributed by atoms with Gasteiger partial charge in [-0.2, -0.15) is 0 Å². The van der Waals surface area contributed by atoms with Gasteiger partial charge in [-0.1, -0.05) is 70.2 Å². The molecule has 4 rings (SSSR count). The Bertz CT molecular complexity index is 959. The molecule has 2 unspecified atom stereocenters. The molecule has 2 aliphatic carbocycles. The minimum Gasteiger partial charge on any atom is -0.372 e. The highest BCUT2D eigenvalue weighted by molar-refractivity contribution is 5.83. The van der Waals surface area contributed by atoms with Gasteiger partial charge in [0.05, 0.1) is 6.54 Å². The molecular weight excluding hydrogens is 534 g/mol. The first kappa shape index (κ1) is 35.6. The van der Waals surface area contributed by atoms with Crippen molar-refractivity contribution in [2.24, 2.45) is 17.3 Å². The van der Waals surface area contributed by atoms with Crippen LogP contribution >= 0.6 is 0 Å². The summed E-state index contributed by atoms with van der Waals surface area (Å²) in [5.41, 5.74) is 1.09. The normalized spacial score (nSPS) is 23.2. The Balaban J connectivity index is 0.000000258. The van der Waals surface area contributed by atoms with Crippen LogP contribution in [0.4, 0.5) is 13.6 Å². The van der Waals surface area contributed by atoms with Crippen LogP contribution in [-0.4, -0.2) is 89.3 Å². The molecule has 2 aliphatic heterocycles. The third kappa shape index (κ3) is 10.3. The third-order valence-corrected chi connectivity index (χ3v) is 9.06. The van der Waals surface area contributed by atoms with Crippen LogP contribution < -0.4 is 0 Å². The number of alkyl halides is 2. The first-order chi connectivity index (χ1) is 19.8. The molecule has 6 nitrogen and oxygen atoms in total. The molecule has 0 aromatic rings. The van der Waals surface area contributed by atoms with Crippen LogP contribution in [0.1, 0.15) is 80.6 Å². The van der Waals surface area contributed by atoms with E-state index in [0.29, 0.717) is 36.9 Å². The monoisotopic (exact) mass is 590 g/mol. The molecule has 42 heavy (non-hydrogen) atoms. The van der Waals surface area contributed by atoms with Crippen molar-refractivity contribution in [2.45, 2.75) is 99.1 Å². The molecule has 3 fully saturated rings. The molecule has 0 aromatic heterocycles. The van der Waals surface area contributed by atoms with Gasteiger partial charge >= 0.3 is 6.03 Å². The van der Waals surface area contributed by atoms with Gasteiger partial charge in [-0.3, -0.25) is 4.79 Å². The number of hydrogen-bond donors (Lipinski definition) is 0. The molecule has 0 aromatic carbocycles. The van der Waals surface area contributed by atoms with E-state index in [0.717, 1.165) is 51.0 Å². The molecule has 0 spiro atoms. The maximum Gasteiger partial charge on any atom is 0.320 e. The smallest absolute Gasteiger partial charge is 0.320 e. The summed E-state index contributed by atoms with van der Waals surface area (Å²) in [6.07, 6.45) is 15.6. The first-order valence-electron chi connectivity index (χ1n) is 15.8. The minimum absolute atomic E-state index is 0.0562. The second kappa shape index (κ2) is 16.9. The summed E-state index contributed by atoms with van der Waals surface area (Å²) in [6, 6.07) is 0.351. The number of hydrogen-bond acceptors (Lipinski definition) is 3. The lowest BCUT2D eigenvalue weighted by molar-refractivity contribution is -0.145. The van der Waals surface area contributed by atoms with Gasteiger partial charge in [0.2, 0.25) is 5.91 Å². The van der Waals surface area contributed by atoms with E-state index >= 15 is 0 Å². The van der Waals surface area contributed by atoms with Crippen LogP contribution in [0, 0.1) is 17.3 Å². The maximum atomic E-state index is 12.7. The van der Waals surface area contributed by atoms with Crippen LogP contribution in [0.15, 0.2) is 48.7 Å². The average Bonchev–Trinajstić information content (AvgIpc) is 3.31. The second-order valence-electron chi connectivity index (χ2n) is 12.9. The van der Waals surface area contributed by atoms with Crippen LogP contribution in [0.2, 0.25) is 0 Å². The lowest BCUT2D eigenvalue weighted by atomic mass is 9.69. The highest BCUT2D eigenvalue weighted by atomic mass is 19.3. The van der Waals surface area contributed by atoms with Gasteiger partial charge in [0.25, 0.3) is 6.43 Å². The minimum atomic E-state index is -2.43. The summed E-state index contributed by atoms with van der Waals surface area (Å²) < 4.78 is 24.0. The Labute approximate surface area is 254 Å². The van der Waals surface area contributed by atoms with E-state index in [2.05, 4.69) is 75.3 Å². The summed E-state index contributed by atoms with van der Waals surface area (Å²) in [5, 5.41) is 0. The fourth-order valence-electron chi connectivity index (χ4n) is 5.86. The standard InChI is InChI=1S/C19H34N2O.C8H14F2N2O.C7H8/c1-7-16(5)21(14(2)3)13-17-12-20(11-15(17)4)18(22)19(6)9-8-10-19;1-6(2)12-4-3-11(8(12)13)5-7(9)10;1-2-4-6-7-5-3-1/h15-17H,2,7-13H2,1,3-6H3;6-7H,3-5H2,1-2H3;1-6H,7H2/t15?,16?,17-;;/m1../s1. The quantitative estimate of drug-likeness (QED) is 0.282. The molecule has 2 heterocycles. The molecule has 8 heteroatoms. The molecule has 2 saturated heterocycles. The third-order valence-electron chi connectivity index (χ3n) is 9.06. The maximum absolute atomic E-state index is 12.7. The van der Waals surface area contributed by atoms with E-state index in [1.807, 2.05) is 26.0 Å². The van der Waals surface area contributed by atoms with E-state index in [1.165, 1.54) is 11.3 Å². The van der Waals surface area contributed by atoms with Gasteiger partial charge < -0.3 is 19.6 Å². The highest BCUT2D eigenvalue weighted by Gasteiger charge is 2.45. The number of allylic oxidation sites excluding steroid dienone is 7. The zero-order valence-electron chi connectivity index (χ0n) is 27.2. The summed E-state index contributed by atoms with van der Waals surface area (Å²) in [7, 11) is 0. The average molecular weight is 591 g/mol. The van der Waals surface area contributed by atoms with Crippen molar-refractivity contribution < 1.29 is 18.4 Å². The van der Waals surface area contributed by atoms with Crippen molar-refractivity contribution in [2.75, 3.05) is 39.3 Å². The topological polar surface area (TPSA) is 47.1 Å². The van der Waals surface area contributed by atoms with Crippen LogP contribution in [0.5, 0.6) is 0 Å². The van der Waals surface area contributed by atoms with Crippen molar-refractivity contribution in [3.05, 3.63) is 48.7 Å². The van der Waals surface area contributed by atoms with Gasteiger partial charge in [-0.05, 0) is 65.2 Å². The summed E-state index contributed by atoms with van der Waals surface area (Å²) in [4.78, 5) is 31.5. The van der Waals surface area contributed by atoms with Gasteiger partial charge in [0.15, 0.2) is 0 Å². The van der Waals surface area contributed by atoms with Crippen LogP contribution in [0.25, 0.3) is 0 Å². The number of rotatable bonds is 9. The first-order valence-corrected chi connectivity index (χ1v) is 15.8. The molecule has 238 valence electrons. The second-order valence-corrected chi connectivity index (χ2v) is 12.9. The lowest BCUT2D eigenvalue weighted by Gasteiger charge is -2.39. The Morgan fingerprint density at radius 1 is 1.10 bits per heavy atom. The van der Waals surface area contributed by atoms with Gasteiger partial charge in [0, 0.05) is 55.9 Å². The molecular formula is C34H56F2N4O2. The van der Waals surface area contributed by atoms with Crippen molar-refractivity contribution >= 4 is 11.9 Å². The van der Waals surface area contributed by atoms with Gasteiger partial charge in [0.1, 0.15) is 0 Å². The number of likely N-dealkylation sites (tertiary alicyclic amines) is 1. The van der Waals surface area contributed by atoms with E-state index in [9.17, 15) is 18.4 Å². The Hall–Kier alpha value is -2.64. The van der Waals surface area contributed by atoms with Gasteiger partial charge in [-0.15, -0.1) is 0 Å². The number of carbonyl (C=O) groups is 2. The van der Waals surface area contributed by atoms with E-state index in [4.69, 9.17) is 0 Å². The molecule has 4 aliphatic rings. The van der Waals surface area contributed by atoms with E-state index in [-0.39, 0.29) is 17.5 Å². The number of halogens is 2. The van der Waals surface area contributed by atoms with E-state index < -0.39 is 13.0 Å². The van der Waals surface area contributed by atoms with Crippen molar-refractivity contribution in [3.8, 4) is 0 Å². The number of nitrogens with zero attached hydrogens (tertiary/aromatic N) is 4. The number of amides is 3. The molecule has 0 radical (unpaired) electrons. The zero-order chi connectivity index (χ0) is 31.4. The van der Waals surface area contributed by atoms with Crippen LogP contribution in [0.3, 0.4) is 0 Å². The molecule has 3 atom stereocenters. The van der Waals surface area contributed by atoms with Gasteiger partial charge in [-0.25, -0.2) is 13.6 Å². The predicted octanol–water partition coefficient (Wildman–Crippen LogP) is 7.36. The fraction of sp³-hybridized carbons (Fsp3) is 0.706. The fourth-order valence-corrected chi connectivity index (χ4v) is 5.86. The van der Waals surface area contributed by atoms with Crippen molar-refractivity contribution in [3.63, 3.8) is 0 Å². The Morgan fingerprint density at radius 3 is 2.17 bits per heavy atom. The molecule has 1 saturated carbocycles. The zero-order valence-corrected chi connectivity index (χ0v) is 27.2. The Morgan fingerprint density at radius 2 is 1.71 bits per heavy atom. The molecule has 3 amide bonds. The predicted molar refractivity (Wildman–Crippen MR) is 169 cm³/mol. The Kier molecular flexibility index (Phi) is 14.3. The number of urea groups is 1. The summed E-state index contributed by atoms with van der Waals surface area (Å²) in [5.74, 6) is 1.55. The largest absolute Gasteiger partial charge is 0.372 e. The summed E-state index contributed by atoms with van der Waals surface area (Å²) in [6.45, 7) is 22.4. The SMILES string of the molecule is C1=CC=CCC=C1.C=C(C)N(C[C@H]1CN(C(=O)C2(C)CCC2)CC1C)C(C)CC.CC(C)N1CCN(CC(F)F)C1=O. The van der Waals surface area contributed by atoms with Crippen molar-refractivity contribution in [1.29, 1.82) is 0 Å². The van der Waals surface area contributed by atoms with Crippen molar-refractivity contribution in [1.82, 2.24) is 19.6 Å². The lowest BCUT2D eigenvalue weighted by Crippen LogP contribution is -2.45. The molecule has 0 bridgehead atoms. The van der Waals surface area contributed by atoms with Crippen LogP contribution in [-0.2, 0) is 4.79 Å². The number of carbonyl (C=O) groups excluding carboxylic acids is 2. The van der Waals surface area contributed by atoms with E-state index in [1.54, 1.807) is 4.90 Å². The highest BCUT2D eigenvalue weighted by Crippen LogP contribution is 2.43.